The lowest BCUT2D eigenvalue weighted by Gasteiger charge is -2.14. The standard InChI is InChI=1S/C39H48N4O/c1-9-26-28(11-3)36-32(15-7)37-30(13-5)31(14-6)39(43-37)35(23(8)17-16-20-44)38-29(12-4)27(10-2)34(42-38)22-25-19-18-24(40-25)21-33(26)41-36/h16-23,40,42H,9-15H2,1-8H3/b17-16+,24-21?,25-22?,33-21?,34-22?,36-32?,37-32?,38-35?,39-35?. The van der Waals surface area contributed by atoms with Gasteiger partial charge >= 0.3 is 0 Å². The van der Waals surface area contributed by atoms with E-state index in [0.717, 1.165) is 102 Å². The van der Waals surface area contributed by atoms with Crippen LogP contribution in [0.2, 0.25) is 0 Å². The molecule has 0 amide bonds. The highest BCUT2D eigenvalue weighted by Gasteiger charge is 2.29. The van der Waals surface area contributed by atoms with Crippen LogP contribution in [0.5, 0.6) is 0 Å². The summed E-state index contributed by atoms with van der Waals surface area (Å²) in [4.78, 5) is 30.0. The molecule has 2 aliphatic heterocycles. The quantitative estimate of drug-likeness (QED) is 0.183. The number of aldehydes is 1. The summed E-state index contributed by atoms with van der Waals surface area (Å²) in [5, 5.41) is 0. The zero-order valence-corrected chi connectivity index (χ0v) is 27.9. The van der Waals surface area contributed by atoms with E-state index >= 15 is 0 Å². The summed E-state index contributed by atoms with van der Waals surface area (Å²) in [7, 11) is 0. The van der Waals surface area contributed by atoms with Crippen LogP contribution in [-0.2, 0) is 24.1 Å². The lowest BCUT2D eigenvalue weighted by molar-refractivity contribution is -0.104. The zero-order chi connectivity index (χ0) is 31.5. The summed E-state index contributed by atoms with van der Waals surface area (Å²) in [6, 6.07) is 8.76. The maximum Gasteiger partial charge on any atom is 0.142 e. The van der Waals surface area contributed by atoms with Crippen molar-refractivity contribution in [1.29, 1.82) is 0 Å². The molecule has 44 heavy (non-hydrogen) atoms. The van der Waals surface area contributed by atoms with Crippen molar-refractivity contribution >= 4 is 50.6 Å². The number of carbonyl (C=O) groups excluding carboxylic acids is 1. The SMILES string of the molecule is CCC1=C(CC)c2nc1cc1ccc(cc3[nH]c(c(CC)c3CC)c(C(C)/C=C/C=O)c3nc(c2CC)C(CC)=C3CC)[nH]1. The van der Waals surface area contributed by atoms with Gasteiger partial charge in [0.25, 0.3) is 0 Å². The van der Waals surface area contributed by atoms with Crippen molar-refractivity contribution in [1.82, 2.24) is 19.9 Å². The number of hydrogen-bond donors (Lipinski definition) is 2. The third kappa shape index (κ3) is 5.31. The molecule has 2 aliphatic rings. The van der Waals surface area contributed by atoms with E-state index in [1.165, 1.54) is 39.0 Å². The lowest BCUT2D eigenvalue weighted by atomic mass is 9.89. The van der Waals surface area contributed by atoms with E-state index in [4.69, 9.17) is 9.97 Å². The first-order valence-electron chi connectivity index (χ1n) is 16.7. The molecule has 0 aromatic carbocycles. The second kappa shape index (κ2) is 13.3. The predicted molar refractivity (Wildman–Crippen MR) is 188 cm³/mol. The number of carbonyl (C=O) groups is 1. The highest BCUT2D eigenvalue weighted by Crippen LogP contribution is 2.44. The molecule has 0 radical (unpaired) electrons. The number of H-pyrrole nitrogens is 2. The molecule has 3 aromatic rings. The van der Waals surface area contributed by atoms with Crippen molar-refractivity contribution in [3.05, 3.63) is 81.4 Å². The van der Waals surface area contributed by atoms with Crippen LogP contribution in [0.15, 0.2) is 36.4 Å². The molecule has 8 bridgehead atoms. The van der Waals surface area contributed by atoms with E-state index in [1.54, 1.807) is 6.08 Å². The third-order valence-corrected chi connectivity index (χ3v) is 9.43. The number of allylic oxidation sites excluding steroid dienone is 6. The van der Waals surface area contributed by atoms with Crippen molar-refractivity contribution in [2.75, 3.05) is 0 Å². The van der Waals surface area contributed by atoms with Gasteiger partial charge in [0.05, 0.1) is 22.8 Å². The Morgan fingerprint density at radius 3 is 1.82 bits per heavy atom. The number of nitrogens with one attached hydrogen (secondary N) is 2. The van der Waals surface area contributed by atoms with Gasteiger partial charge in [0.1, 0.15) is 6.29 Å². The Labute approximate surface area is 262 Å². The van der Waals surface area contributed by atoms with Gasteiger partial charge in [-0.25, -0.2) is 9.97 Å². The van der Waals surface area contributed by atoms with Gasteiger partial charge in [-0.15, -0.1) is 0 Å². The molecule has 0 saturated carbocycles. The van der Waals surface area contributed by atoms with Crippen molar-refractivity contribution in [2.24, 2.45) is 0 Å². The molecule has 1 atom stereocenters. The van der Waals surface area contributed by atoms with Crippen molar-refractivity contribution < 1.29 is 4.79 Å². The maximum absolute atomic E-state index is 11.5. The number of aromatic nitrogens is 4. The van der Waals surface area contributed by atoms with Crippen molar-refractivity contribution in [3.8, 4) is 0 Å². The van der Waals surface area contributed by atoms with Crippen LogP contribution in [0.4, 0.5) is 0 Å². The summed E-state index contributed by atoms with van der Waals surface area (Å²) in [6.45, 7) is 17.9. The van der Waals surface area contributed by atoms with E-state index in [1.807, 2.05) is 6.08 Å². The molecule has 5 nitrogen and oxygen atoms in total. The Bertz CT molecular complexity index is 1840. The van der Waals surface area contributed by atoms with Crippen molar-refractivity contribution in [2.45, 2.75) is 106 Å². The Morgan fingerprint density at radius 2 is 1.23 bits per heavy atom. The molecular weight excluding hydrogens is 540 g/mol. The van der Waals surface area contributed by atoms with Gasteiger partial charge in [0.2, 0.25) is 0 Å². The smallest absolute Gasteiger partial charge is 0.142 e. The van der Waals surface area contributed by atoms with Gasteiger partial charge in [-0.3, -0.25) is 4.79 Å². The topological polar surface area (TPSA) is 74.4 Å². The average Bonchev–Trinajstić information content (AvgIpc) is 3.79. The van der Waals surface area contributed by atoms with E-state index < -0.39 is 0 Å². The molecule has 5 rings (SSSR count). The summed E-state index contributed by atoms with van der Waals surface area (Å²) in [6.07, 6.45) is 10.8. The number of aryl methyl sites for hydroxylation is 2. The Morgan fingerprint density at radius 1 is 0.659 bits per heavy atom. The normalized spacial score (nSPS) is 14.3. The maximum atomic E-state index is 11.5. The molecule has 5 heteroatoms. The number of aromatic amines is 2. The molecule has 2 N–H and O–H groups in total. The second-order valence-corrected chi connectivity index (χ2v) is 11.8. The van der Waals surface area contributed by atoms with E-state index in [0.29, 0.717) is 0 Å². The second-order valence-electron chi connectivity index (χ2n) is 11.8. The van der Waals surface area contributed by atoms with Crippen LogP contribution in [0.3, 0.4) is 0 Å². The number of rotatable bonds is 10. The van der Waals surface area contributed by atoms with E-state index in [-0.39, 0.29) is 5.92 Å². The molecular formula is C39H48N4O. The van der Waals surface area contributed by atoms with Crippen molar-refractivity contribution in [3.63, 3.8) is 0 Å². The number of nitrogens with zero attached hydrogens (tertiary/aromatic N) is 2. The highest BCUT2D eigenvalue weighted by atomic mass is 16.1. The minimum atomic E-state index is -0.0170. The van der Waals surface area contributed by atoms with E-state index in [2.05, 4.69) is 89.6 Å². The van der Waals surface area contributed by atoms with Gasteiger partial charge in [0.15, 0.2) is 0 Å². The molecule has 0 aliphatic carbocycles. The largest absolute Gasteiger partial charge is 0.355 e. The summed E-state index contributed by atoms with van der Waals surface area (Å²) < 4.78 is 0. The van der Waals surface area contributed by atoms with E-state index in [9.17, 15) is 4.79 Å². The van der Waals surface area contributed by atoms with Crippen LogP contribution in [0.25, 0.3) is 44.4 Å². The average molecular weight is 589 g/mol. The van der Waals surface area contributed by atoms with Gasteiger partial charge in [-0.05, 0) is 109 Å². The summed E-state index contributed by atoms with van der Waals surface area (Å²) in [5.74, 6) is -0.0170. The molecule has 1 unspecified atom stereocenters. The predicted octanol–water partition coefficient (Wildman–Crippen LogP) is 10.3. The minimum Gasteiger partial charge on any atom is -0.355 e. The fraction of sp³-hybridized carbons (Fsp3) is 0.410. The van der Waals surface area contributed by atoms with Gasteiger partial charge in [0, 0.05) is 39.1 Å². The number of hydrogen-bond acceptors (Lipinski definition) is 3. The zero-order valence-electron chi connectivity index (χ0n) is 27.9. The van der Waals surface area contributed by atoms with Crippen LogP contribution < -0.4 is 0 Å². The molecule has 5 heterocycles. The molecule has 0 fully saturated rings. The third-order valence-electron chi connectivity index (χ3n) is 9.43. The summed E-state index contributed by atoms with van der Waals surface area (Å²) in [5.41, 5.74) is 19.0. The van der Waals surface area contributed by atoms with Crippen LogP contribution >= 0.6 is 0 Å². The molecule has 230 valence electrons. The van der Waals surface area contributed by atoms with Gasteiger partial charge in [-0.1, -0.05) is 61.5 Å². The monoisotopic (exact) mass is 588 g/mol. The lowest BCUT2D eigenvalue weighted by Crippen LogP contribution is -2.00. The number of fused-ring (bicyclic) bond motifs is 8. The first-order chi connectivity index (χ1) is 21.4. The van der Waals surface area contributed by atoms with Gasteiger partial charge in [-0.2, -0.15) is 0 Å². The molecule has 0 spiro atoms. The van der Waals surface area contributed by atoms with Crippen LogP contribution in [-0.4, -0.2) is 26.2 Å². The Hall–Kier alpha value is -3.99. The highest BCUT2D eigenvalue weighted by molar-refractivity contribution is 5.98. The first kappa shape index (κ1) is 31.4. The fourth-order valence-corrected chi connectivity index (χ4v) is 7.43. The van der Waals surface area contributed by atoms with Gasteiger partial charge < -0.3 is 9.97 Å². The Kier molecular flexibility index (Phi) is 9.53. The summed E-state index contributed by atoms with van der Waals surface area (Å²) >= 11 is 0. The molecule has 0 saturated heterocycles. The molecule has 3 aromatic heterocycles. The minimum absolute atomic E-state index is 0.0170. The fourth-order valence-electron chi connectivity index (χ4n) is 7.43. The Balaban J connectivity index is 2.12. The van der Waals surface area contributed by atoms with Crippen LogP contribution in [0.1, 0.15) is 132 Å². The van der Waals surface area contributed by atoms with Crippen LogP contribution in [0, 0.1) is 0 Å². The first-order valence-corrected chi connectivity index (χ1v) is 16.7.